The summed E-state index contributed by atoms with van der Waals surface area (Å²) < 4.78 is 13.1. The van der Waals surface area contributed by atoms with Crippen LogP contribution in [-0.2, 0) is 6.42 Å². The lowest BCUT2D eigenvalue weighted by atomic mass is 10.1. The van der Waals surface area contributed by atoms with Gasteiger partial charge >= 0.3 is 0 Å². The topological polar surface area (TPSA) is 35.8 Å². The summed E-state index contributed by atoms with van der Waals surface area (Å²) >= 11 is 0. The van der Waals surface area contributed by atoms with E-state index < -0.39 is 0 Å². The predicted molar refractivity (Wildman–Crippen MR) is 43.3 cm³/mol. The van der Waals surface area contributed by atoms with Crippen molar-refractivity contribution < 1.29 is 4.39 Å². The summed E-state index contributed by atoms with van der Waals surface area (Å²) in [5, 5.41) is 11.5. The number of halogens is 1. The first kappa shape index (κ1) is 7.11. The molecular weight excluding hydrogens is 155 g/mol. The summed E-state index contributed by atoms with van der Waals surface area (Å²) in [7, 11) is 0. The number of fused-ring (bicyclic) bond motifs is 1. The van der Waals surface area contributed by atoms with E-state index in [9.17, 15) is 4.39 Å². The standard InChI is InChI=1S/C9H7FN2/c10-8-4-6(5-11)3-7-1-2-12-9(7)8/h3-4,12H,1-2H2. The summed E-state index contributed by atoms with van der Waals surface area (Å²) in [5.74, 6) is -0.318. The van der Waals surface area contributed by atoms with Gasteiger partial charge in [-0.25, -0.2) is 4.39 Å². The first-order chi connectivity index (χ1) is 5.81. The minimum atomic E-state index is -0.318. The van der Waals surface area contributed by atoms with Crippen molar-refractivity contribution in [3.63, 3.8) is 0 Å². The number of nitriles is 1. The van der Waals surface area contributed by atoms with Crippen LogP contribution in [0.5, 0.6) is 0 Å². The van der Waals surface area contributed by atoms with Crippen molar-refractivity contribution in [1.29, 1.82) is 5.26 Å². The van der Waals surface area contributed by atoms with Gasteiger partial charge in [0.15, 0.2) is 0 Å². The van der Waals surface area contributed by atoms with Crippen LogP contribution in [0.2, 0.25) is 0 Å². The van der Waals surface area contributed by atoms with Gasteiger partial charge in [0.2, 0.25) is 0 Å². The van der Waals surface area contributed by atoms with Crippen LogP contribution in [0.3, 0.4) is 0 Å². The Morgan fingerprint density at radius 2 is 2.33 bits per heavy atom. The molecule has 1 N–H and O–H groups in total. The Labute approximate surface area is 69.6 Å². The van der Waals surface area contributed by atoms with Crippen LogP contribution in [0.15, 0.2) is 12.1 Å². The lowest BCUT2D eigenvalue weighted by molar-refractivity contribution is 0.631. The molecule has 2 nitrogen and oxygen atoms in total. The van der Waals surface area contributed by atoms with E-state index in [0.717, 1.165) is 18.5 Å². The Balaban J connectivity index is 2.60. The first-order valence-electron chi connectivity index (χ1n) is 3.77. The van der Waals surface area contributed by atoms with Crippen LogP contribution in [0, 0.1) is 17.1 Å². The normalized spacial score (nSPS) is 13.3. The number of hydrogen-bond donors (Lipinski definition) is 1. The number of hydrogen-bond acceptors (Lipinski definition) is 2. The lowest BCUT2D eigenvalue weighted by Gasteiger charge is -2.00. The van der Waals surface area contributed by atoms with Crippen LogP contribution in [0.25, 0.3) is 0 Å². The van der Waals surface area contributed by atoms with Gasteiger partial charge in [0.05, 0.1) is 17.3 Å². The van der Waals surface area contributed by atoms with Gasteiger partial charge in [0.25, 0.3) is 0 Å². The maximum Gasteiger partial charge on any atom is 0.147 e. The molecule has 0 unspecified atom stereocenters. The quantitative estimate of drug-likeness (QED) is 0.629. The van der Waals surface area contributed by atoms with Crippen LogP contribution in [-0.4, -0.2) is 6.54 Å². The van der Waals surface area contributed by atoms with Gasteiger partial charge in [0, 0.05) is 6.54 Å². The van der Waals surface area contributed by atoms with Crippen molar-refractivity contribution in [2.75, 3.05) is 11.9 Å². The Morgan fingerprint density at radius 3 is 3.08 bits per heavy atom. The highest BCUT2D eigenvalue weighted by Gasteiger charge is 2.15. The molecule has 0 bridgehead atoms. The molecular formula is C9H7FN2. The van der Waals surface area contributed by atoms with E-state index in [1.807, 2.05) is 6.07 Å². The van der Waals surface area contributed by atoms with Gasteiger partial charge < -0.3 is 5.32 Å². The molecule has 12 heavy (non-hydrogen) atoms. The second kappa shape index (κ2) is 2.49. The Bertz CT molecular complexity index is 366. The van der Waals surface area contributed by atoms with Crippen molar-refractivity contribution in [3.8, 4) is 6.07 Å². The molecule has 1 heterocycles. The third-order valence-corrected chi connectivity index (χ3v) is 2.00. The molecule has 0 amide bonds. The average molecular weight is 162 g/mol. The van der Waals surface area contributed by atoms with Crippen LogP contribution in [0.4, 0.5) is 10.1 Å². The molecule has 0 aliphatic carbocycles. The zero-order chi connectivity index (χ0) is 8.55. The van der Waals surface area contributed by atoms with Gasteiger partial charge in [-0.05, 0) is 24.1 Å². The zero-order valence-electron chi connectivity index (χ0n) is 6.39. The molecule has 60 valence electrons. The SMILES string of the molecule is N#Cc1cc(F)c2c(c1)CCN2. The van der Waals surface area contributed by atoms with Crippen LogP contribution < -0.4 is 5.32 Å². The molecule has 1 aliphatic rings. The summed E-state index contributed by atoms with van der Waals surface area (Å²) in [5.41, 5.74) is 1.87. The predicted octanol–water partition coefficient (Wildman–Crippen LogP) is 1.67. The number of anilines is 1. The summed E-state index contributed by atoms with van der Waals surface area (Å²) in [6, 6.07) is 4.93. The maximum atomic E-state index is 13.1. The molecule has 0 radical (unpaired) electrons. The van der Waals surface area contributed by atoms with E-state index in [2.05, 4.69) is 5.32 Å². The second-order valence-electron chi connectivity index (χ2n) is 2.78. The third kappa shape index (κ3) is 0.928. The molecule has 1 aliphatic heterocycles. The highest BCUT2D eigenvalue weighted by Crippen LogP contribution is 2.26. The van der Waals surface area contributed by atoms with Crippen molar-refractivity contribution in [3.05, 3.63) is 29.1 Å². The zero-order valence-corrected chi connectivity index (χ0v) is 6.39. The lowest BCUT2D eigenvalue weighted by Crippen LogP contribution is -1.93. The van der Waals surface area contributed by atoms with Gasteiger partial charge in [-0.3, -0.25) is 0 Å². The highest BCUT2D eigenvalue weighted by molar-refractivity contribution is 5.59. The fourth-order valence-electron chi connectivity index (χ4n) is 1.45. The van der Waals surface area contributed by atoms with Gasteiger partial charge in [-0.2, -0.15) is 5.26 Å². The smallest absolute Gasteiger partial charge is 0.147 e. The Morgan fingerprint density at radius 1 is 1.50 bits per heavy atom. The van der Waals surface area contributed by atoms with E-state index >= 15 is 0 Å². The van der Waals surface area contributed by atoms with Gasteiger partial charge in [0.1, 0.15) is 5.82 Å². The minimum Gasteiger partial charge on any atom is -0.382 e. The highest BCUT2D eigenvalue weighted by atomic mass is 19.1. The van der Waals surface area contributed by atoms with Crippen LogP contribution >= 0.6 is 0 Å². The third-order valence-electron chi connectivity index (χ3n) is 2.00. The summed E-state index contributed by atoms with van der Waals surface area (Å²) in [6.07, 6.45) is 0.807. The largest absolute Gasteiger partial charge is 0.382 e. The van der Waals surface area contributed by atoms with Crippen molar-refractivity contribution in [2.45, 2.75) is 6.42 Å². The molecule has 0 atom stereocenters. The van der Waals surface area contributed by atoms with E-state index in [1.165, 1.54) is 6.07 Å². The maximum absolute atomic E-state index is 13.1. The summed E-state index contributed by atoms with van der Waals surface area (Å²) in [4.78, 5) is 0. The fraction of sp³-hybridized carbons (Fsp3) is 0.222. The molecule has 3 heteroatoms. The molecule has 0 saturated carbocycles. The van der Waals surface area contributed by atoms with Crippen LogP contribution in [0.1, 0.15) is 11.1 Å². The van der Waals surface area contributed by atoms with Gasteiger partial charge in [-0.15, -0.1) is 0 Å². The molecule has 1 aromatic rings. The Kier molecular flexibility index (Phi) is 1.47. The number of benzene rings is 1. The molecule has 0 spiro atoms. The van der Waals surface area contributed by atoms with E-state index in [4.69, 9.17) is 5.26 Å². The van der Waals surface area contributed by atoms with E-state index in [1.54, 1.807) is 6.07 Å². The molecule has 1 aromatic carbocycles. The van der Waals surface area contributed by atoms with Crippen molar-refractivity contribution in [1.82, 2.24) is 0 Å². The van der Waals surface area contributed by atoms with Gasteiger partial charge in [-0.1, -0.05) is 0 Å². The minimum absolute atomic E-state index is 0.318. The monoisotopic (exact) mass is 162 g/mol. The second-order valence-corrected chi connectivity index (χ2v) is 2.78. The first-order valence-corrected chi connectivity index (χ1v) is 3.77. The Hall–Kier alpha value is -1.56. The van der Waals surface area contributed by atoms with E-state index in [0.29, 0.717) is 11.3 Å². The van der Waals surface area contributed by atoms with E-state index in [-0.39, 0.29) is 5.82 Å². The molecule has 2 rings (SSSR count). The molecule has 0 aromatic heterocycles. The average Bonchev–Trinajstić information content (AvgIpc) is 2.52. The fourth-order valence-corrected chi connectivity index (χ4v) is 1.45. The molecule has 0 saturated heterocycles. The number of nitrogens with zero attached hydrogens (tertiary/aromatic N) is 1. The number of nitrogens with one attached hydrogen (secondary N) is 1. The molecule has 0 fully saturated rings. The number of rotatable bonds is 0. The van der Waals surface area contributed by atoms with Crippen molar-refractivity contribution >= 4 is 5.69 Å². The summed E-state index contributed by atoms with van der Waals surface area (Å²) in [6.45, 7) is 0.765. The van der Waals surface area contributed by atoms with Crippen molar-refractivity contribution in [2.24, 2.45) is 0 Å².